The lowest BCUT2D eigenvalue weighted by molar-refractivity contribution is -0.147. The summed E-state index contributed by atoms with van der Waals surface area (Å²) in [4.78, 5) is 20.9. The zero-order chi connectivity index (χ0) is 22.9. The van der Waals surface area contributed by atoms with Gasteiger partial charge in [0.1, 0.15) is 5.65 Å². The molecule has 2 aliphatic heterocycles. The average Bonchev–Trinajstić information content (AvgIpc) is 3.34. The number of nitrogens with zero attached hydrogens (tertiary/aromatic N) is 2. The summed E-state index contributed by atoms with van der Waals surface area (Å²) in [5, 5.41) is 11.4. The minimum atomic E-state index is -0.893. The van der Waals surface area contributed by atoms with Crippen LogP contribution in [-0.2, 0) is 15.0 Å². The molecule has 6 nitrogen and oxygen atoms in total. The number of hydrogen-bond donors (Lipinski definition) is 2. The molecule has 1 saturated heterocycles. The number of amides is 1. The van der Waals surface area contributed by atoms with E-state index in [2.05, 4.69) is 30.7 Å². The van der Waals surface area contributed by atoms with Gasteiger partial charge in [0.05, 0.1) is 5.60 Å². The highest BCUT2D eigenvalue weighted by Gasteiger charge is 2.55. The normalized spacial score (nSPS) is 21.3. The van der Waals surface area contributed by atoms with Crippen LogP contribution in [0.2, 0.25) is 0 Å². The Morgan fingerprint density at radius 2 is 2.03 bits per heavy atom. The molecule has 2 aromatic rings. The largest absolute Gasteiger partial charge is 0.493 e. The predicted molar refractivity (Wildman–Crippen MR) is 129 cm³/mol. The molecule has 1 atom stereocenters. The van der Waals surface area contributed by atoms with Crippen LogP contribution in [0.4, 0.5) is 0 Å². The third-order valence-corrected chi connectivity index (χ3v) is 8.04. The van der Waals surface area contributed by atoms with E-state index in [1.165, 1.54) is 25.7 Å². The number of pyridine rings is 1. The highest BCUT2D eigenvalue weighted by atomic mass is 16.5. The van der Waals surface area contributed by atoms with E-state index >= 15 is 0 Å². The molecular formula is C25H38BN3O3. The smallest absolute Gasteiger partial charge is 0.423 e. The maximum atomic E-state index is 11.5. The van der Waals surface area contributed by atoms with Crippen LogP contribution in [-0.4, -0.2) is 46.0 Å². The van der Waals surface area contributed by atoms with Gasteiger partial charge in [0.15, 0.2) is 0 Å². The Labute approximate surface area is 192 Å². The number of hydrogen-bond acceptors (Lipinski definition) is 4. The van der Waals surface area contributed by atoms with E-state index in [-0.39, 0.29) is 11.3 Å². The summed E-state index contributed by atoms with van der Waals surface area (Å²) in [6, 6.07) is 2.02. The number of rotatable bonds is 4. The first-order valence-corrected chi connectivity index (χ1v) is 12.4. The van der Waals surface area contributed by atoms with E-state index in [0.29, 0.717) is 0 Å². The fraction of sp³-hybridized carbons (Fsp3) is 0.680. The van der Waals surface area contributed by atoms with Gasteiger partial charge in [-0.2, -0.15) is 0 Å². The van der Waals surface area contributed by atoms with Crippen LogP contribution in [0.1, 0.15) is 84.6 Å². The summed E-state index contributed by atoms with van der Waals surface area (Å²) in [5.41, 5.74) is 2.59. The molecule has 0 bridgehead atoms. The van der Waals surface area contributed by atoms with Crippen LogP contribution in [0.5, 0.6) is 0 Å². The van der Waals surface area contributed by atoms with Gasteiger partial charge in [0.2, 0.25) is 5.91 Å². The van der Waals surface area contributed by atoms with Crippen molar-refractivity contribution in [2.24, 2.45) is 11.3 Å². The molecule has 4 heterocycles. The monoisotopic (exact) mass is 439 g/mol. The molecule has 2 N–H and O–H groups in total. The Morgan fingerprint density at radius 1 is 1.31 bits per heavy atom. The molecule has 7 heteroatoms. The molecule has 32 heavy (non-hydrogen) atoms. The number of carbonyl (C=O) groups excluding carboxylic acids is 1. The molecule has 2 aromatic heterocycles. The lowest BCUT2D eigenvalue weighted by Gasteiger charge is -2.55. The molecule has 1 unspecified atom stereocenters. The van der Waals surface area contributed by atoms with Crippen LogP contribution in [0.15, 0.2) is 18.5 Å². The molecular weight excluding hydrogens is 401 g/mol. The summed E-state index contributed by atoms with van der Waals surface area (Å²) >= 11 is 0. The highest BCUT2D eigenvalue weighted by molar-refractivity contribution is 6.62. The summed E-state index contributed by atoms with van der Waals surface area (Å²) in [6.07, 6.45) is 13.0. The number of fused-ring (bicyclic) bond motifs is 4. The first-order valence-electron chi connectivity index (χ1n) is 12.4. The Balaban J connectivity index is 0.000000265. The average molecular weight is 439 g/mol. The number of unbranched alkanes of at least 4 members (excludes halogenated alkanes) is 1. The van der Waals surface area contributed by atoms with Gasteiger partial charge < -0.3 is 19.6 Å². The maximum Gasteiger partial charge on any atom is 0.493 e. The van der Waals surface area contributed by atoms with Crippen LogP contribution in [0, 0.1) is 11.3 Å². The van der Waals surface area contributed by atoms with Gasteiger partial charge in [0.25, 0.3) is 0 Å². The zero-order valence-corrected chi connectivity index (χ0v) is 20.1. The summed E-state index contributed by atoms with van der Waals surface area (Å²) in [5.74, 6) is 1.12. The predicted octanol–water partition coefficient (Wildman–Crippen LogP) is 4.12. The quantitative estimate of drug-likeness (QED) is 0.703. The van der Waals surface area contributed by atoms with Crippen molar-refractivity contribution >= 4 is 29.5 Å². The van der Waals surface area contributed by atoms with E-state index in [0.717, 1.165) is 66.8 Å². The molecule has 0 aromatic carbocycles. The fourth-order valence-corrected chi connectivity index (χ4v) is 5.67. The van der Waals surface area contributed by atoms with Gasteiger partial charge in [-0.3, -0.25) is 4.79 Å². The van der Waals surface area contributed by atoms with Gasteiger partial charge in [-0.1, -0.05) is 46.5 Å². The van der Waals surface area contributed by atoms with Crippen molar-refractivity contribution < 1.29 is 14.5 Å². The number of carbonyl (C=O) groups is 1. The minimum Gasteiger partial charge on any atom is -0.423 e. The first kappa shape index (κ1) is 23.3. The molecule has 3 aliphatic rings. The van der Waals surface area contributed by atoms with Crippen LogP contribution in [0.3, 0.4) is 0 Å². The van der Waals surface area contributed by atoms with Crippen molar-refractivity contribution in [2.45, 2.75) is 84.7 Å². The molecule has 0 radical (unpaired) electrons. The number of nitrogens with one attached hydrogen (secondary N) is 1. The highest BCUT2D eigenvalue weighted by Crippen LogP contribution is 2.53. The Hall–Kier alpha value is -1.86. The van der Waals surface area contributed by atoms with Crippen molar-refractivity contribution in [1.82, 2.24) is 14.9 Å². The van der Waals surface area contributed by atoms with Crippen molar-refractivity contribution in [3.8, 4) is 0 Å². The second-order valence-electron chi connectivity index (χ2n) is 10.3. The van der Waals surface area contributed by atoms with Gasteiger partial charge in [-0.05, 0) is 43.2 Å². The molecule has 1 aliphatic carbocycles. The molecule has 174 valence electrons. The lowest BCUT2D eigenvalue weighted by Crippen LogP contribution is -2.60. The van der Waals surface area contributed by atoms with Gasteiger partial charge in [0, 0.05) is 48.7 Å². The number of aromatic nitrogens is 2. The van der Waals surface area contributed by atoms with E-state index in [4.69, 9.17) is 4.65 Å². The van der Waals surface area contributed by atoms with Crippen molar-refractivity contribution in [1.29, 1.82) is 0 Å². The summed E-state index contributed by atoms with van der Waals surface area (Å²) in [6.45, 7) is 10.2. The van der Waals surface area contributed by atoms with Crippen LogP contribution in [0.25, 0.3) is 11.0 Å². The Bertz CT molecular complexity index is 943. The van der Waals surface area contributed by atoms with Gasteiger partial charge in [-0.15, -0.1) is 0 Å². The molecule has 1 saturated carbocycles. The fourth-order valence-electron chi connectivity index (χ4n) is 5.67. The molecule has 1 amide bonds. The third kappa shape index (κ3) is 4.21. The topological polar surface area (TPSA) is 78.5 Å². The maximum absolute atomic E-state index is 11.5. The Morgan fingerprint density at radius 3 is 2.66 bits per heavy atom. The Kier molecular flexibility index (Phi) is 6.69. The third-order valence-electron chi connectivity index (χ3n) is 8.04. The number of likely N-dealkylation sites (tertiary alicyclic amines) is 1. The van der Waals surface area contributed by atoms with Crippen molar-refractivity contribution in [3.63, 3.8) is 0 Å². The van der Waals surface area contributed by atoms with E-state index < -0.39 is 12.7 Å². The van der Waals surface area contributed by atoms with Crippen LogP contribution >= 0.6 is 0 Å². The summed E-state index contributed by atoms with van der Waals surface area (Å²) in [7, 11) is -0.893. The van der Waals surface area contributed by atoms with E-state index in [1.807, 2.05) is 17.2 Å². The summed E-state index contributed by atoms with van der Waals surface area (Å²) < 4.78 is 6.10. The number of aromatic amines is 1. The van der Waals surface area contributed by atoms with Gasteiger partial charge in [-0.25, -0.2) is 4.98 Å². The first-order chi connectivity index (χ1) is 15.3. The molecule has 2 fully saturated rings. The molecule has 5 rings (SSSR count). The van der Waals surface area contributed by atoms with E-state index in [9.17, 15) is 9.82 Å². The minimum absolute atomic E-state index is 0.166. The second-order valence-corrected chi connectivity index (χ2v) is 10.3. The number of H-pyrrole nitrogens is 1. The zero-order valence-electron chi connectivity index (χ0n) is 20.1. The lowest BCUT2D eigenvalue weighted by atomic mass is 9.62. The van der Waals surface area contributed by atoms with Gasteiger partial charge >= 0.3 is 7.12 Å². The SMILES string of the molecule is CC(=O)N1CC2(CCC3(CC2)OB(O)c2cnc4[nH]ccc4c23)C1.CCCCC(C)CC. The second kappa shape index (κ2) is 9.18. The van der Waals surface area contributed by atoms with E-state index in [1.54, 1.807) is 13.1 Å². The molecule has 2 spiro atoms. The standard InChI is InChI=1S/C17H20BN3O3.C8H18/c1-11(22)21-9-16(10-21)3-5-17(6-4-16)14-12-2-7-19-15(12)20-8-13(14)18(23)24-17;1-4-6-7-8(3)5-2/h2,7-8,23H,3-6,9-10H2,1H3,(H,19,20);8H,4-7H2,1-3H3. The van der Waals surface area contributed by atoms with Crippen LogP contribution < -0.4 is 5.46 Å². The van der Waals surface area contributed by atoms with Crippen molar-refractivity contribution in [2.75, 3.05) is 13.1 Å². The van der Waals surface area contributed by atoms with Crippen molar-refractivity contribution in [3.05, 3.63) is 24.0 Å².